The van der Waals surface area contributed by atoms with E-state index >= 15 is 4.39 Å². The van der Waals surface area contributed by atoms with Gasteiger partial charge in [-0.15, -0.1) is 0 Å². The largest absolute Gasteiger partial charge is 0.359 e. The van der Waals surface area contributed by atoms with Gasteiger partial charge in [0.15, 0.2) is 5.82 Å². The van der Waals surface area contributed by atoms with Crippen LogP contribution in [0.5, 0.6) is 0 Å². The molecule has 1 N–H and O–H groups in total. The van der Waals surface area contributed by atoms with Gasteiger partial charge in [0.2, 0.25) is 0 Å². The highest BCUT2D eigenvalue weighted by Gasteiger charge is 2.37. The Balaban J connectivity index is 1.72. The van der Waals surface area contributed by atoms with Gasteiger partial charge in [0.1, 0.15) is 23.3 Å². The molecule has 3 aromatic rings. The zero-order valence-electron chi connectivity index (χ0n) is 19.8. The highest BCUT2D eigenvalue weighted by atomic mass is 32.2. The van der Waals surface area contributed by atoms with Crippen LogP contribution >= 0.6 is 0 Å². The molecule has 1 saturated heterocycles. The predicted octanol–water partition coefficient (Wildman–Crippen LogP) is 3.60. The molecule has 36 heavy (non-hydrogen) atoms. The number of benzene rings is 1. The number of hydrogen-bond donors (Lipinski definition) is 1. The SMILES string of the molecule is CC(C)CN(C)S(=O)(=O)NC(=O)c1cnn2ccc(N3C[C@@H](F)CC3c3cc(F)ccc3F)c(F)c12. The summed E-state index contributed by atoms with van der Waals surface area (Å²) in [5, 5.41) is 3.91. The maximum absolute atomic E-state index is 15.8. The number of rotatable bonds is 7. The molecule has 0 aliphatic carbocycles. The molecule has 1 aliphatic heterocycles. The van der Waals surface area contributed by atoms with E-state index in [-0.39, 0.29) is 47.8 Å². The summed E-state index contributed by atoms with van der Waals surface area (Å²) in [5.74, 6) is -3.57. The Morgan fingerprint density at radius 2 is 1.97 bits per heavy atom. The molecule has 1 unspecified atom stereocenters. The zero-order chi connectivity index (χ0) is 26.4. The van der Waals surface area contributed by atoms with Gasteiger partial charge in [-0.2, -0.15) is 17.8 Å². The van der Waals surface area contributed by atoms with Crippen molar-refractivity contribution in [2.45, 2.75) is 32.5 Å². The van der Waals surface area contributed by atoms with Gasteiger partial charge in [0, 0.05) is 38.3 Å². The minimum Gasteiger partial charge on any atom is -0.359 e. The first-order valence-corrected chi connectivity index (χ1v) is 12.6. The van der Waals surface area contributed by atoms with Crippen LogP contribution in [0.2, 0.25) is 0 Å². The van der Waals surface area contributed by atoms with Gasteiger partial charge in [-0.05, 0) is 30.2 Å². The van der Waals surface area contributed by atoms with Crippen molar-refractivity contribution in [1.29, 1.82) is 0 Å². The Hall–Kier alpha value is -3.19. The monoisotopic (exact) mass is 527 g/mol. The fourth-order valence-electron chi connectivity index (χ4n) is 4.40. The first-order chi connectivity index (χ1) is 16.9. The van der Waals surface area contributed by atoms with Crippen molar-refractivity contribution in [3.05, 3.63) is 65.2 Å². The highest BCUT2D eigenvalue weighted by molar-refractivity contribution is 7.87. The van der Waals surface area contributed by atoms with Gasteiger partial charge in [-0.25, -0.2) is 26.8 Å². The number of anilines is 1. The lowest BCUT2D eigenvalue weighted by atomic mass is 10.0. The first-order valence-electron chi connectivity index (χ1n) is 11.2. The molecule has 13 heteroatoms. The Morgan fingerprint density at radius 3 is 2.67 bits per heavy atom. The third-order valence-corrected chi connectivity index (χ3v) is 7.39. The van der Waals surface area contributed by atoms with Crippen molar-refractivity contribution < 1.29 is 30.8 Å². The maximum Gasteiger partial charge on any atom is 0.303 e. The summed E-state index contributed by atoms with van der Waals surface area (Å²) >= 11 is 0. The molecule has 1 fully saturated rings. The molecule has 0 spiro atoms. The van der Waals surface area contributed by atoms with E-state index in [4.69, 9.17) is 0 Å². The molecule has 3 heterocycles. The minimum atomic E-state index is -4.21. The second-order valence-electron chi connectivity index (χ2n) is 9.14. The van der Waals surface area contributed by atoms with Crippen LogP contribution in [0.1, 0.15) is 42.2 Å². The van der Waals surface area contributed by atoms with E-state index in [1.165, 1.54) is 24.2 Å². The normalized spacial score (nSPS) is 18.5. The van der Waals surface area contributed by atoms with Gasteiger partial charge >= 0.3 is 10.2 Å². The van der Waals surface area contributed by atoms with E-state index in [0.717, 1.165) is 33.2 Å². The number of nitrogens with zero attached hydrogens (tertiary/aromatic N) is 4. The molecule has 1 aliphatic rings. The molecule has 0 bridgehead atoms. The van der Waals surface area contributed by atoms with Crippen molar-refractivity contribution >= 4 is 27.3 Å². The number of carbonyl (C=O) groups excluding carboxylic acids is 1. The molecule has 8 nitrogen and oxygen atoms in total. The number of alkyl halides is 1. The molecule has 0 radical (unpaired) electrons. The molecule has 2 atom stereocenters. The summed E-state index contributed by atoms with van der Waals surface area (Å²) in [4.78, 5) is 14.1. The van der Waals surface area contributed by atoms with Crippen molar-refractivity contribution in [3.8, 4) is 0 Å². The van der Waals surface area contributed by atoms with E-state index in [1.807, 2.05) is 4.72 Å². The zero-order valence-corrected chi connectivity index (χ0v) is 20.6. The molecule has 0 saturated carbocycles. The Kier molecular flexibility index (Phi) is 6.97. The van der Waals surface area contributed by atoms with E-state index in [0.29, 0.717) is 0 Å². The number of nitrogens with one attached hydrogen (secondary N) is 1. The molecule has 1 amide bonds. The van der Waals surface area contributed by atoms with Crippen LogP contribution in [-0.4, -0.2) is 54.6 Å². The molecule has 1 aromatic carbocycles. The molecular weight excluding hydrogens is 502 g/mol. The van der Waals surface area contributed by atoms with E-state index in [9.17, 15) is 26.4 Å². The smallest absolute Gasteiger partial charge is 0.303 e. The first kappa shape index (κ1) is 25.9. The van der Waals surface area contributed by atoms with Crippen molar-refractivity contribution in [1.82, 2.24) is 18.6 Å². The van der Waals surface area contributed by atoms with Crippen LogP contribution in [0.25, 0.3) is 5.52 Å². The third kappa shape index (κ3) is 4.89. The number of halogens is 4. The molecular formula is C23H25F4N5O3S. The second-order valence-corrected chi connectivity index (χ2v) is 10.9. The lowest BCUT2D eigenvalue weighted by molar-refractivity contribution is 0.0980. The maximum atomic E-state index is 15.8. The van der Waals surface area contributed by atoms with Crippen LogP contribution < -0.4 is 9.62 Å². The third-order valence-electron chi connectivity index (χ3n) is 5.98. The lowest BCUT2D eigenvalue weighted by Crippen LogP contribution is -2.42. The lowest BCUT2D eigenvalue weighted by Gasteiger charge is -2.27. The van der Waals surface area contributed by atoms with Crippen LogP contribution in [0.3, 0.4) is 0 Å². The van der Waals surface area contributed by atoms with Crippen molar-refractivity contribution in [2.24, 2.45) is 5.92 Å². The summed E-state index contributed by atoms with van der Waals surface area (Å²) in [5.41, 5.74) is -0.987. The van der Waals surface area contributed by atoms with Crippen LogP contribution in [0.15, 0.2) is 36.7 Å². The number of carbonyl (C=O) groups is 1. The van der Waals surface area contributed by atoms with Crippen LogP contribution in [0, 0.1) is 23.4 Å². The highest BCUT2D eigenvalue weighted by Crippen LogP contribution is 2.40. The van der Waals surface area contributed by atoms with Crippen molar-refractivity contribution in [2.75, 3.05) is 25.0 Å². The molecule has 194 valence electrons. The van der Waals surface area contributed by atoms with Gasteiger partial charge in [-0.3, -0.25) is 4.79 Å². The summed E-state index contributed by atoms with van der Waals surface area (Å²) in [7, 11) is -2.91. The van der Waals surface area contributed by atoms with Gasteiger partial charge in [-0.1, -0.05) is 13.8 Å². The van der Waals surface area contributed by atoms with Crippen LogP contribution in [-0.2, 0) is 10.2 Å². The Bertz CT molecular complexity index is 1410. The number of amides is 1. The fourth-order valence-corrected chi connectivity index (χ4v) is 5.39. The quantitative estimate of drug-likeness (QED) is 0.475. The fraction of sp³-hybridized carbons (Fsp3) is 0.391. The van der Waals surface area contributed by atoms with Crippen molar-refractivity contribution in [3.63, 3.8) is 0 Å². The number of fused-ring (bicyclic) bond motifs is 1. The standard InChI is InChI=1S/C23H25F4N5O3S/c1-13(2)11-30(3)36(34,35)29-23(33)17-10-28-32-7-6-19(21(27)22(17)32)31-12-15(25)9-20(31)16-8-14(24)4-5-18(16)26/h4-8,10,13,15,20H,9,11-12H2,1-3H3,(H,29,33)/t15-,20?/m0/s1. The number of hydrogen-bond acceptors (Lipinski definition) is 5. The summed E-state index contributed by atoms with van der Waals surface area (Å²) in [6.07, 6.45) is 0.691. The average molecular weight is 528 g/mol. The van der Waals surface area contributed by atoms with E-state index < -0.39 is 45.8 Å². The summed E-state index contributed by atoms with van der Waals surface area (Å²) < 4.78 is 87.5. The number of pyridine rings is 1. The van der Waals surface area contributed by atoms with Gasteiger partial charge < -0.3 is 4.90 Å². The van der Waals surface area contributed by atoms with E-state index in [2.05, 4.69) is 5.10 Å². The Labute approximate surface area is 205 Å². The summed E-state index contributed by atoms with van der Waals surface area (Å²) in [6, 6.07) is 3.08. The predicted molar refractivity (Wildman–Crippen MR) is 125 cm³/mol. The second kappa shape index (κ2) is 9.69. The number of aromatic nitrogens is 2. The summed E-state index contributed by atoms with van der Waals surface area (Å²) in [6.45, 7) is 3.46. The molecule has 2 aromatic heterocycles. The average Bonchev–Trinajstić information content (AvgIpc) is 3.39. The van der Waals surface area contributed by atoms with Gasteiger partial charge in [0.25, 0.3) is 5.91 Å². The van der Waals surface area contributed by atoms with Crippen LogP contribution in [0.4, 0.5) is 23.2 Å². The Morgan fingerprint density at radius 1 is 1.25 bits per heavy atom. The topological polar surface area (TPSA) is 87.0 Å². The molecule has 4 rings (SSSR count). The minimum absolute atomic E-state index is 0.00526. The van der Waals surface area contributed by atoms with E-state index in [1.54, 1.807) is 13.8 Å². The van der Waals surface area contributed by atoms with Gasteiger partial charge in [0.05, 0.1) is 23.5 Å².